The molecule has 3 aromatic carbocycles. The summed E-state index contributed by atoms with van der Waals surface area (Å²) in [6, 6.07) is 21.6. The number of nitrogens with zero attached hydrogens (tertiary/aromatic N) is 3. The molecule has 0 amide bonds. The summed E-state index contributed by atoms with van der Waals surface area (Å²) in [6.45, 7) is 4.26. The summed E-state index contributed by atoms with van der Waals surface area (Å²) in [6.07, 6.45) is 1.82. The average molecular weight is 343 g/mol. The highest BCUT2D eigenvalue weighted by molar-refractivity contribution is 5.91. The van der Waals surface area contributed by atoms with Crippen LogP contribution >= 0.6 is 0 Å². The summed E-state index contributed by atoms with van der Waals surface area (Å²) >= 11 is 0. The van der Waals surface area contributed by atoms with Gasteiger partial charge in [0.2, 0.25) is 0 Å². The molecular weight excluding hydrogens is 326 g/mol. The van der Waals surface area contributed by atoms with Crippen molar-refractivity contribution >= 4 is 17.1 Å². The maximum atomic E-state index is 9.45. The maximum Gasteiger partial charge on any atom is 0.124 e. The smallest absolute Gasteiger partial charge is 0.124 e. The molecule has 5 heteroatoms. The fourth-order valence-corrected chi connectivity index (χ4v) is 2.81. The largest absolute Gasteiger partial charge is 0.489 e. The molecule has 0 atom stereocenters. The van der Waals surface area contributed by atoms with Gasteiger partial charge in [-0.2, -0.15) is 0 Å². The van der Waals surface area contributed by atoms with Gasteiger partial charge >= 0.3 is 0 Å². The zero-order chi connectivity index (χ0) is 17.9. The van der Waals surface area contributed by atoms with Crippen molar-refractivity contribution in [3.63, 3.8) is 0 Å². The van der Waals surface area contributed by atoms with Gasteiger partial charge in [0.1, 0.15) is 23.4 Å². The second-order valence-electron chi connectivity index (χ2n) is 5.90. The highest BCUT2D eigenvalue weighted by Gasteiger charge is 2.09. The number of ether oxygens (including phenoxy) is 1. The quantitative estimate of drug-likeness (QED) is 0.540. The van der Waals surface area contributed by atoms with Crippen LogP contribution in [0.3, 0.4) is 0 Å². The lowest BCUT2D eigenvalue weighted by atomic mass is 10.0. The van der Waals surface area contributed by atoms with Crippen LogP contribution in [0.5, 0.6) is 5.75 Å². The van der Waals surface area contributed by atoms with Gasteiger partial charge in [0.15, 0.2) is 0 Å². The van der Waals surface area contributed by atoms with Crippen LogP contribution in [0.2, 0.25) is 0 Å². The van der Waals surface area contributed by atoms with Crippen molar-refractivity contribution in [1.29, 1.82) is 0 Å². The van der Waals surface area contributed by atoms with E-state index in [1.807, 2.05) is 72.8 Å². The monoisotopic (exact) mass is 343 g/mol. The molecule has 0 radical (unpaired) electrons. The first-order chi connectivity index (χ1) is 12.7. The Hall–Kier alpha value is -3.60. The standard InChI is InChI=1S/C21H17N3O2/c1-2-15-6-8-16(9-7-15)14-26-18-12-10-17(11-13-18)19-4-3-5-20-21(19)23-24(25)22-20/h2-13,25H,1,14H2. The molecule has 4 rings (SSSR count). The van der Waals surface area contributed by atoms with Crippen LogP contribution in [0, 0.1) is 0 Å². The Morgan fingerprint density at radius 1 is 0.962 bits per heavy atom. The van der Waals surface area contributed by atoms with Crippen LogP contribution in [-0.2, 0) is 6.61 Å². The molecule has 0 aliphatic rings. The molecule has 0 aliphatic heterocycles. The zero-order valence-corrected chi connectivity index (χ0v) is 14.0. The van der Waals surface area contributed by atoms with Crippen molar-refractivity contribution in [1.82, 2.24) is 15.2 Å². The molecule has 0 unspecified atom stereocenters. The molecule has 0 aliphatic carbocycles. The van der Waals surface area contributed by atoms with Crippen LogP contribution in [0.25, 0.3) is 28.2 Å². The molecule has 0 bridgehead atoms. The first-order valence-electron chi connectivity index (χ1n) is 8.23. The maximum absolute atomic E-state index is 9.45. The molecule has 1 aromatic heterocycles. The van der Waals surface area contributed by atoms with Gasteiger partial charge in [0.05, 0.1) is 0 Å². The lowest BCUT2D eigenvalue weighted by Crippen LogP contribution is -1.95. The van der Waals surface area contributed by atoms with Gasteiger partial charge < -0.3 is 9.94 Å². The molecule has 0 saturated heterocycles. The summed E-state index contributed by atoms with van der Waals surface area (Å²) in [5, 5.41) is 17.4. The van der Waals surface area contributed by atoms with Crippen molar-refractivity contribution in [2.45, 2.75) is 6.61 Å². The Balaban J connectivity index is 1.51. The van der Waals surface area contributed by atoms with Gasteiger partial charge in [-0.05, 0) is 39.8 Å². The van der Waals surface area contributed by atoms with E-state index in [1.54, 1.807) is 0 Å². The molecule has 1 heterocycles. The van der Waals surface area contributed by atoms with E-state index >= 15 is 0 Å². The molecule has 0 saturated carbocycles. The van der Waals surface area contributed by atoms with Gasteiger partial charge in [-0.3, -0.25) is 0 Å². The fourth-order valence-electron chi connectivity index (χ4n) is 2.81. The highest BCUT2D eigenvalue weighted by Crippen LogP contribution is 2.28. The van der Waals surface area contributed by atoms with Crippen molar-refractivity contribution in [2.24, 2.45) is 0 Å². The summed E-state index contributed by atoms with van der Waals surface area (Å²) in [4.78, 5) is 0.600. The van der Waals surface area contributed by atoms with Crippen molar-refractivity contribution in [3.8, 4) is 16.9 Å². The van der Waals surface area contributed by atoms with E-state index in [9.17, 15) is 5.21 Å². The molecule has 5 nitrogen and oxygen atoms in total. The molecule has 128 valence electrons. The minimum atomic E-state index is 0.505. The van der Waals surface area contributed by atoms with E-state index in [0.29, 0.717) is 22.6 Å². The molecular formula is C21H17N3O2. The Morgan fingerprint density at radius 2 is 1.73 bits per heavy atom. The van der Waals surface area contributed by atoms with E-state index in [4.69, 9.17) is 4.74 Å². The Labute approximate surface area is 150 Å². The Bertz CT molecular complexity index is 1050. The first-order valence-corrected chi connectivity index (χ1v) is 8.23. The number of aromatic nitrogens is 3. The van der Waals surface area contributed by atoms with E-state index in [-0.39, 0.29) is 0 Å². The second-order valence-corrected chi connectivity index (χ2v) is 5.90. The van der Waals surface area contributed by atoms with Gasteiger partial charge in [0, 0.05) is 5.56 Å². The summed E-state index contributed by atoms with van der Waals surface area (Å²) in [7, 11) is 0. The van der Waals surface area contributed by atoms with Gasteiger partial charge in [-0.1, -0.05) is 61.2 Å². The Kier molecular flexibility index (Phi) is 4.11. The van der Waals surface area contributed by atoms with Crippen molar-refractivity contribution in [2.75, 3.05) is 0 Å². The number of fused-ring (bicyclic) bond motifs is 1. The van der Waals surface area contributed by atoms with Gasteiger partial charge in [0.25, 0.3) is 0 Å². The average Bonchev–Trinajstić information content (AvgIpc) is 3.07. The second kappa shape index (κ2) is 6.72. The van der Waals surface area contributed by atoms with Crippen LogP contribution in [-0.4, -0.2) is 20.4 Å². The van der Waals surface area contributed by atoms with E-state index in [1.165, 1.54) is 0 Å². The molecule has 26 heavy (non-hydrogen) atoms. The van der Waals surface area contributed by atoms with Crippen LogP contribution < -0.4 is 4.74 Å². The predicted octanol–water partition coefficient (Wildman–Crippen LogP) is 4.56. The minimum absolute atomic E-state index is 0.505. The molecule has 0 fully saturated rings. The number of benzene rings is 3. The third kappa shape index (κ3) is 3.15. The summed E-state index contributed by atoms with van der Waals surface area (Å²) in [5.74, 6) is 0.791. The van der Waals surface area contributed by atoms with Crippen LogP contribution in [0.15, 0.2) is 73.3 Å². The van der Waals surface area contributed by atoms with Crippen molar-refractivity contribution in [3.05, 3.63) is 84.4 Å². The third-order valence-electron chi connectivity index (χ3n) is 4.19. The predicted molar refractivity (Wildman–Crippen MR) is 101 cm³/mol. The Morgan fingerprint density at radius 3 is 2.46 bits per heavy atom. The lowest BCUT2D eigenvalue weighted by molar-refractivity contribution is 0.113. The number of hydrogen-bond donors (Lipinski definition) is 1. The van der Waals surface area contributed by atoms with Crippen LogP contribution in [0.1, 0.15) is 11.1 Å². The molecule has 0 spiro atoms. The SMILES string of the molecule is C=Cc1ccc(COc2ccc(-c3cccc4nn(O)nc34)cc2)cc1. The zero-order valence-electron chi connectivity index (χ0n) is 14.0. The number of hydrogen-bond acceptors (Lipinski definition) is 4. The van der Waals surface area contributed by atoms with Gasteiger partial charge in [-0.25, -0.2) is 0 Å². The third-order valence-corrected chi connectivity index (χ3v) is 4.19. The fraction of sp³-hybridized carbons (Fsp3) is 0.0476. The van der Waals surface area contributed by atoms with E-state index < -0.39 is 0 Å². The highest BCUT2D eigenvalue weighted by atomic mass is 16.5. The van der Waals surface area contributed by atoms with E-state index in [2.05, 4.69) is 16.8 Å². The normalized spacial score (nSPS) is 10.8. The summed E-state index contributed by atoms with van der Waals surface area (Å²) in [5.41, 5.74) is 5.39. The van der Waals surface area contributed by atoms with E-state index in [0.717, 1.165) is 28.0 Å². The van der Waals surface area contributed by atoms with Gasteiger partial charge in [-0.15, -0.1) is 10.2 Å². The number of rotatable bonds is 5. The topological polar surface area (TPSA) is 60.2 Å². The molecule has 1 N–H and O–H groups in total. The minimum Gasteiger partial charge on any atom is -0.489 e. The molecule has 4 aromatic rings. The van der Waals surface area contributed by atoms with Crippen molar-refractivity contribution < 1.29 is 9.94 Å². The lowest BCUT2D eigenvalue weighted by Gasteiger charge is -2.08. The first kappa shape index (κ1) is 15.9. The van der Waals surface area contributed by atoms with Crippen LogP contribution in [0.4, 0.5) is 0 Å². The summed E-state index contributed by atoms with van der Waals surface area (Å²) < 4.78 is 5.85.